The molecule has 0 spiro atoms. The lowest BCUT2D eigenvalue weighted by Gasteiger charge is -2.28. The van der Waals surface area contributed by atoms with Gasteiger partial charge in [-0.05, 0) is 33.1 Å². The monoisotopic (exact) mass is 265 g/mol. The Balaban J connectivity index is 2.44. The molecule has 0 saturated carbocycles. The van der Waals surface area contributed by atoms with Crippen LogP contribution < -0.4 is 10.5 Å². The number of aliphatic hydroxyl groups is 1. The van der Waals surface area contributed by atoms with Crippen molar-refractivity contribution in [3.05, 3.63) is 22.7 Å². The summed E-state index contributed by atoms with van der Waals surface area (Å²) < 4.78 is 1.70. The van der Waals surface area contributed by atoms with Crippen molar-refractivity contribution in [1.82, 2.24) is 9.55 Å². The predicted octanol–water partition coefficient (Wildman–Crippen LogP) is 1.21. The van der Waals surface area contributed by atoms with Crippen molar-refractivity contribution in [2.45, 2.75) is 45.7 Å². The average molecular weight is 265 g/mol. The summed E-state index contributed by atoms with van der Waals surface area (Å²) >= 11 is 0. The molecule has 2 rings (SSSR count). The van der Waals surface area contributed by atoms with Gasteiger partial charge in [-0.3, -0.25) is 4.79 Å². The molecule has 0 aromatic carbocycles. The van der Waals surface area contributed by atoms with Crippen molar-refractivity contribution >= 4 is 5.82 Å². The second kappa shape index (κ2) is 4.96. The fraction of sp³-hybridized carbons (Fsp3) is 0.714. The van der Waals surface area contributed by atoms with Crippen LogP contribution in [-0.4, -0.2) is 33.9 Å². The van der Waals surface area contributed by atoms with Crippen LogP contribution >= 0.6 is 0 Å². The van der Waals surface area contributed by atoms with Crippen molar-refractivity contribution in [3.63, 3.8) is 0 Å². The van der Waals surface area contributed by atoms with Crippen LogP contribution in [-0.2, 0) is 5.54 Å². The molecule has 2 atom stereocenters. The Morgan fingerprint density at radius 1 is 1.47 bits per heavy atom. The third-order valence-corrected chi connectivity index (χ3v) is 3.89. The minimum atomic E-state index is -0.269. The number of hydrogen-bond donors (Lipinski definition) is 1. The molecular formula is C14H23N3O2. The van der Waals surface area contributed by atoms with Gasteiger partial charge in [0.15, 0.2) is 5.82 Å². The fourth-order valence-corrected chi connectivity index (χ4v) is 2.68. The molecule has 2 heterocycles. The van der Waals surface area contributed by atoms with Crippen LogP contribution in [0, 0.1) is 5.92 Å². The largest absolute Gasteiger partial charge is 0.394 e. The van der Waals surface area contributed by atoms with E-state index < -0.39 is 0 Å². The maximum atomic E-state index is 12.5. The van der Waals surface area contributed by atoms with E-state index in [1.165, 1.54) is 0 Å². The second-order valence-corrected chi connectivity index (χ2v) is 6.31. The summed E-state index contributed by atoms with van der Waals surface area (Å²) in [6, 6.07) is -0.00369. The third-order valence-electron chi connectivity index (χ3n) is 3.89. The van der Waals surface area contributed by atoms with Gasteiger partial charge in [-0.2, -0.15) is 0 Å². The first-order valence-electron chi connectivity index (χ1n) is 6.82. The fourth-order valence-electron chi connectivity index (χ4n) is 2.68. The smallest absolute Gasteiger partial charge is 0.293 e. The van der Waals surface area contributed by atoms with Crippen LogP contribution in [0.25, 0.3) is 0 Å². The van der Waals surface area contributed by atoms with Crippen molar-refractivity contribution in [3.8, 4) is 0 Å². The van der Waals surface area contributed by atoms with E-state index in [1.54, 1.807) is 17.0 Å². The zero-order valence-corrected chi connectivity index (χ0v) is 12.1. The highest BCUT2D eigenvalue weighted by Crippen LogP contribution is 2.26. The molecule has 0 amide bonds. The summed E-state index contributed by atoms with van der Waals surface area (Å²) in [5, 5.41) is 9.51. The van der Waals surface area contributed by atoms with Crippen LogP contribution in [0.5, 0.6) is 0 Å². The van der Waals surface area contributed by atoms with Crippen LogP contribution in [0.15, 0.2) is 17.2 Å². The molecule has 0 aliphatic carbocycles. The van der Waals surface area contributed by atoms with Gasteiger partial charge in [0.25, 0.3) is 5.56 Å². The van der Waals surface area contributed by atoms with Crippen LogP contribution in [0.2, 0.25) is 0 Å². The lowest BCUT2D eigenvalue weighted by atomic mass is 10.0. The zero-order valence-electron chi connectivity index (χ0n) is 12.1. The van der Waals surface area contributed by atoms with Crippen LogP contribution in [0.3, 0.4) is 0 Å². The van der Waals surface area contributed by atoms with E-state index in [-0.39, 0.29) is 23.7 Å². The predicted molar refractivity (Wildman–Crippen MR) is 75.5 cm³/mol. The van der Waals surface area contributed by atoms with Crippen LogP contribution in [0.4, 0.5) is 5.82 Å². The SMILES string of the molecule is CC1CCN(c2nccn(C(C)(C)C)c2=O)C1CO. The number of rotatable bonds is 2. The minimum Gasteiger partial charge on any atom is -0.394 e. The zero-order chi connectivity index (χ0) is 14.2. The standard InChI is InChI=1S/C14H23N3O2/c1-10-5-7-16(11(10)9-18)12-13(19)17(8-6-15-12)14(2,3)4/h6,8,10-11,18H,5,7,9H2,1-4H3. The summed E-state index contributed by atoms with van der Waals surface area (Å²) in [7, 11) is 0. The minimum absolute atomic E-state index is 0.00369. The molecule has 1 aromatic rings. The third kappa shape index (κ3) is 2.52. The van der Waals surface area contributed by atoms with Gasteiger partial charge >= 0.3 is 0 Å². The lowest BCUT2D eigenvalue weighted by Crippen LogP contribution is -2.42. The van der Waals surface area contributed by atoms with E-state index in [2.05, 4.69) is 11.9 Å². The number of nitrogens with zero attached hydrogens (tertiary/aromatic N) is 3. The Bertz CT molecular complexity index is 504. The summed E-state index contributed by atoms with van der Waals surface area (Å²) in [5.41, 5.74) is -0.350. The van der Waals surface area contributed by atoms with Gasteiger partial charge in [-0.1, -0.05) is 6.92 Å². The van der Waals surface area contributed by atoms with Crippen LogP contribution in [0.1, 0.15) is 34.1 Å². The summed E-state index contributed by atoms with van der Waals surface area (Å²) in [6.07, 6.45) is 4.37. The summed E-state index contributed by atoms with van der Waals surface area (Å²) in [5.74, 6) is 0.843. The molecule has 1 N–H and O–H groups in total. The molecule has 19 heavy (non-hydrogen) atoms. The molecule has 5 heteroatoms. The molecule has 0 bridgehead atoms. The molecule has 1 aromatic heterocycles. The number of hydrogen-bond acceptors (Lipinski definition) is 4. The van der Waals surface area contributed by atoms with Gasteiger partial charge in [0.1, 0.15) is 0 Å². The topological polar surface area (TPSA) is 58.4 Å². The Labute approximate surface area is 113 Å². The molecule has 1 saturated heterocycles. The molecular weight excluding hydrogens is 242 g/mol. The highest BCUT2D eigenvalue weighted by Gasteiger charge is 2.33. The first kappa shape index (κ1) is 14.1. The Kier molecular flexibility index (Phi) is 3.67. The van der Waals surface area contributed by atoms with E-state index in [9.17, 15) is 9.90 Å². The van der Waals surface area contributed by atoms with E-state index in [1.807, 2.05) is 25.7 Å². The molecule has 1 aliphatic rings. The van der Waals surface area contributed by atoms with Gasteiger partial charge < -0.3 is 14.6 Å². The maximum Gasteiger partial charge on any atom is 0.293 e. The first-order chi connectivity index (χ1) is 8.86. The lowest BCUT2D eigenvalue weighted by molar-refractivity contribution is 0.244. The van der Waals surface area contributed by atoms with E-state index in [0.717, 1.165) is 13.0 Å². The van der Waals surface area contributed by atoms with Crippen molar-refractivity contribution in [1.29, 1.82) is 0 Å². The first-order valence-corrected chi connectivity index (χ1v) is 6.82. The van der Waals surface area contributed by atoms with Gasteiger partial charge in [-0.15, -0.1) is 0 Å². The van der Waals surface area contributed by atoms with Crippen molar-refractivity contribution in [2.75, 3.05) is 18.1 Å². The summed E-state index contributed by atoms with van der Waals surface area (Å²) in [4.78, 5) is 18.8. The van der Waals surface area contributed by atoms with Crippen molar-refractivity contribution in [2.24, 2.45) is 5.92 Å². The number of aliphatic hydroxyl groups excluding tert-OH is 1. The maximum absolute atomic E-state index is 12.5. The molecule has 0 radical (unpaired) electrons. The van der Waals surface area contributed by atoms with Gasteiger partial charge in [0.05, 0.1) is 12.6 Å². The van der Waals surface area contributed by atoms with Gasteiger partial charge in [-0.25, -0.2) is 4.98 Å². The Morgan fingerprint density at radius 3 is 2.74 bits per heavy atom. The molecule has 2 unspecified atom stereocenters. The molecule has 5 nitrogen and oxygen atoms in total. The van der Waals surface area contributed by atoms with E-state index in [4.69, 9.17) is 0 Å². The van der Waals surface area contributed by atoms with E-state index in [0.29, 0.717) is 11.7 Å². The van der Waals surface area contributed by atoms with Gasteiger partial charge in [0, 0.05) is 24.5 Å². The highest BCUT2D eigenvalue weighted by atomic mass is 16.3. The number of aromatic nitrogens is 2. The molecule has 1 fully saturated rings. The highest BCUT2D eigenvalue weighted by molar-refractivity contribution is 5.39. The van der Waals surface area contributed by atoms with Crippen molar-refractivity contribution < 1.29 is 5.11 Å². The Morgan fingerprint density at radius 2 is 2.16 bits per heavy atom. The van der Waals surface area contributed by atoms with Gasteiger partial charge in [0.2, 0.25) is 0 Å². The second-order valence-electron chi connectivity index (χ2n) is 6.31. The molecule has 1 aliphatic heterocycles. The average Bonchev–Trinajstić information content (AvgIpc) is 2.69. The quantitative estimate of drug-likeness (QED) is 0.873. The van der Waals surface area contributed by atoms with E-state index >= 15 is 0 Å². The Hall–Kier alpha value is -1.36. The number of anilines is 1. The molecule has 106 valence electrons. The summed E-state index contributed by atoms with van der Waals surface area (Å²) in [6.45, 7) is 8.93. The normalized spacial score (nSPS) is 23.9.